The Morgan fingerprint density at radius 3 is 2.88 bits per heavy atom. The summed E-state index contributed by atoms with van der Waals surface area (Å²) in [5.41, 5.74) is 1.33. The van der Waals surface area contributed by atoms with Gasteiger partial charge in [0.05, 0.1) is 18.9 Å². The number of amides is 1. The fourth-order valence-corrected chi connectivity index (χ4v) is 1.35. The van der Waals surface area contributed by atoms with Crippen molar-refractivity contribution in [2.45, 2.75) is 13.3 Å². The van der Waals surface area contributed by atoms with E-state index in [1.165, 1.54) is 7.11 Å². The molecule has 16 heavy (non-hydrogen) atoms. The smallest absolute Gasteiger partial charge is 0.238 e. The normalized spacial score (nSPS) is 9.38. The Balaban J connectivity index is 2.99. The van der Waals surface area contributed by atoms with Crippen molar-refractivity contribution in [2.24, 2.45) is 0 Å². The third kappa shape index (κ3) is 2.88. The van der Waals surface area contributed by atoms with Crippen LogP contribution in [-0.2, 0) is 4.79 Å². The number of halogens is 1. The standard InChI is InChI=1S/C11H11ClN2O2/c1-7-5-10(16-2)9(6-8(7)12)14-11(15)3-4-13/h5-6H,3H2,1-2H3,(H,14,15). The van der Waals surface area contributed by atoms with E-state index in [0.29, 0.717) is 16.5 Å². The van der Waals surface area contributed by atoms with Gasteiger partial charge in [-0.2, -0.15) is 5.26 Å². The number of methoxy groups -OCH3 is 1. The number of carbonyl (C=O) groups excluding carboxylic acids is 1. The Morgan fingerprint density at radius 1 is 1.62 bits per heavy atom. The molecule has 0 saturated heterocycles. The molecule has 1 amide bonds. The van der Waals surface area contributed by atoms with Crippen molar-refractivity contribution in [1.82, 2.24) is 0 Å². The molecule has 0 heterocycles. The monoisotopic (exact) mass is 238 g/mol. The highest BCUT2D eigenvalue weighted by Crippen LogP contribution is 2.30. The molecule has 0 aliphatic heterocycles. The number of nitrogens with one attached hydrogen (secondary N) is 1. The number of rotatable bonds is 3. The van der Waals surface area contributed by atoms with E-state index in [9.17, 15) is 4.79 Å². The number of carbonyl (C=O) groups is 1. The summed E-state index contributed by atoms with van der Waals surface area (Å²) in [5, 5.41) is 11.5. The van der Waals surface area contributed by atoms with E-state index in [0.717, 1.165) is 5.56 Å². The molecule has 1 rings (SSSR count). The highest BCUT2D eigenvalue weighted by molar-refractivity contribution is 6.31. The maximum Gasteiger partial charge on any atom is 0.238 e. The highest BCUT2D eigenvalue weighted by Gasteiger charge is 2.09. The van der Waals surface area contributed by atoms with Crippen molar-refractivity contribution in [3.05, 3.63) is 22.7 Å². The summed E-state index contributed by atoms with van der Waals surface area (Å²) < 4.78 is 5.10. The topological polar surface area (TPSA) is 62.1 Å². The van der Waals surface area contributed by atoms with Crippen LogP contribution in [0.4, 0.5) is 5.69 Å². The van der Waals surface area contributed by atoms with E-state index in [2.05, 4.69) is 5.32 Å². The minimum absolute atomic E-state index is 0.200. The first-order valence-corrected chi connectivity index (χ1v) is 4.97. The van der Waals surface area contributed by atoms with Gasteiger partial charge in [0.2, 0.25) is 5.91 Å². The number of hydrogen-bond acceptors (Lipinski definition) is 3. The molecule has 0 radical (unpaired) electrons. The maximum absolute atomic E-state index is 11.2. The molecule has 0 aliphatic carbocycles. The molecule has 1 aromatic carbocycles. The molecule has 4 nitrogen and oxygen atoms in total. The zero-order valence-corrected chi connectivity index (χ0v) is 9.76. The summed E-state index contributed by atoms with van der Waals surface area (Å²) in [5.74, 6) is 0.133. The minimum atomic E-state index is -0.388. The maximum atomic E-state index is 11.2. The summed E-state index contributed by atoms with van der Waals surface area (Å²) in [4.78, 5) is 11.2. The zero-order valence-electron chi connectivity index (χ0n) is 9.00. The first-order chi connectivity index (χ1) is 7.58. The second-order valence-corrected chi connectivity index (χ2v) is 3.59. The molecule has 0 unspecified atom stereocenters. The van der Waals surface area contributed by atoms with Crippen molar-refractivity contribution < 1.29 is 9.53 Å². The number of aryl methyl sites for hydroxylation is 1. The first kappa shape index (κ1) is 12.3. The molecule has 0 atom stereocenters. The van der Waals surface area contributed by atoms with Gasteiger partial charge in [-0.15, -0.1) is 0 Å². The predicted molar refractivity (Wildman–Crippen MR) is 61.6 cm³/mol. The molecule has 0 aromatic heterocycles. The van der Waals surface area contributed by atoms with Gasteiger partial charge in [0, 0.05) is 5.02 Å². The molecule has 0 fully saturated rings. The van der Waals surface area contributed by atoms with E-state index < -0.39 is 0 Å². The second-order valence-electron chi connectivity index (χ2n) is 3.18. The van der Waals surface area contributed by atoms with Gasteiger partial charge in [0.25, 0.3) is 0 Å². The molecular weight excluding hydrogens is 228 g/mol. The number of hydrogen-bond donors (Lipinski definition) is 1. The lowest BCUT2D eigenvalue weighted by Crippen LogP contribution is -2.11. The average molecular weight is 239 g/mol. The van der Waals surface area contributed by atoms with Crippen molar-refractivity contribution in [3.8, 4) is 11.8 Å². The number of nitrogens with zero attached hydrogens (tertiary/aromatic N) is 1. The van der Waals surface area contributed by atoms with E-state index in [-0.39, 0.29) is 12.3 Å². The van der Waals surface area contributed by atoms with E-state index >= 15 is 0 Å². The van der Waals surface area contributed by atoms with Crippen molar-refractivity contribution >= 4 is 23.2 Å². The molecule has 0 saturated carbocycles. The van der Waals surface area contributed by atoms with E-state index in [1.807, 2.05) is 6.92 Å². The van der Waals surface area contributed by atoms with Gasteiger partial charge in [-0.3, -0.25) is 4.79 Å². The molecule has 84 valence electrons. The molecule has 0 aliphatic rings. The number of anilines is 1. The van der Waals surface area contributed by atoms with Gasteiger partial charge < -0.3 is 10.1 Å². The summed E-state index contributed by atoms with van der Waals surface area (Å²) in [6.07, 6.45) is -0.200. The van der Waals surface area contributed by atoms with Gasteiger partial charge in [0.15, 0.2) is 0 Å². The lowest BCUT2D eigenvalue weighted by Gasteiger charge is -2.11. The minimum Gasteiger partial charge on any atom is -0.495 e. The number of nitriles is 1. The Hall–Kier alpha value is -1.73. The van der Waals surface area contributed by atoms with Crippen LogP contribution in [0.15, 0.2) is 12.1 Å². The van der Waals surface area contributed by atoms with E-state index in [4.69, 9.17) is 21.6 Å². The molecule has 1 N–H and O–H groups in total. The Bertz CT molecular complexity index is 452. The van der Waals surface area contributed by atoms with Crippen molar-refractivity contribution in [2.75, 3.05) is 12.4 Å². The lowest BCUT2D eigenvalue weighted by atomic mass is 10.2. The summed E-state index contributed by atoms with van der Waals surface area (Å²) in [7, 11) is 1.50. The zero-order chi connectivity index (χ0) is 12.1. The van der Waals surface area contributed by atoms with Crippen molar-refractivity contribution in [1.29, 1.82) is 5.26 Å². The Kier molecular flexibility index (Phi) is 4.15. The van der Waals surface area contributed by atoms with Crippen LogP contribution in [-0.4, -0.2) is 13.0 Å². The van der Waals surface area contributed by atoms with Gasteiger partial charge >= 0.3 is 0 Å². The largest absolute Gasteiger partial charge is 0.495 e. The lowest BCUT2D eigenvalue weighted by molar-refractivity contribution is -0.115. The van der Waals surface area contributed by atoms with E-state index in [1.54, 1.807) is 18.2 Å². The molecule has 0 bridgehead atoms. The summed E-state index contributed by atoms with van der Waals surface area (Å²) >= 11 is 5.93. The summed E-state index contributed by atoms with van der Waals surface area (Å²) in [6.45, 7) is 1.84. The molecular formula is C11H11ClN2O2. The first-order valence-electron chi connectivity index (χ1n) is 4.59. The van der Waals surface area contributed by atoms with Crippen LogP contribution >= 0.6 is 11.6 Å². The van der Waals surface area contributed by atoms with Gasteiger partial charge in [-0.25, -0.2) is 0 Å². The molecule has 0 spiro atoms. The quantitative estimate of drug-likeness (QED) is 0.880. The van der Waals surface area contributed by atoms with Crippen LogP contribution in [0.2, 0.25) is 5.02 Å². The van der Waals surface area contributed by atoms with Gasteiger partial charge in [-0.05, 0) is 24.6 Å². The van der Waals surface area contributed by atoms with Crippen LogP contribution in [0.3, 0.4) is 0 Å². The third-order valence-electron chi connectivity index (χ3n) is 1.99. The van der Waals surface area contributed by atoms with Crippen LogP contribution in [0.5, 0.6) is 5.75 Å². The second kappa shape index (κ2) is 5.38. The Morgan fingerprint density at radius 2 is 2.31 bits per heavy atom. The fraction of sp³-hybridized carbons (Fsp3) is 0.273. The fourth-order valence-electron chi connectivity index (χ4n) is 1.19. The van der Waals surface area contributed by atoms with Crippen LogP contribution in [0.25, 0.3) is 0 Å². The third-order valence-corrected chi connectivity index (χ3v) is 2.40. The Labute approximate surface area is 98.8 Å². The number of benzene rings is 1. The number of ether oxygens (including phenoxy) is 1. The van der Waals surface area contributed by atoms with Crippen molar-refractivity contribution in [3.63, 3.8) is 0 Å². The van der Waals surface area contributed by atoms with Crippen LogP contribution in [0.1, 0.15) is 12.0 Å². The van der Waals surface area contributed by atoms with Gasteiger partial charge in [0.1, 0.15) is 12.2 Å². The predicted octanol–water partition coefficient (Wildman–Crippen LogP) is 2.51. The van der Waals surface area contributed by atoms with Gasteiger partial charge in [-0.1, -0.05) is 11.6 Å². The molecule has 5 heteroatoms. The molecule has 1 aromatic rings. The average Bonchev–Trinajstić information content (AvgIpc) is 2.23. The van der Waals surface area contributed by atoms with Crippen LogP contribution < -0.4 is 10.1 Å². The SMILES string of the molecule is COc1cc(C)c(Cl)cc1NC(=O)CC#N. The van der Waals surface area contributed by atoms with Crippen LogP contribution in [0, 0.1) is 18.3 Å². The highest BCUT2D eigenvalue weighted by atomic mass is 35.5. The summed E-state index contributed by atoms with van der Waals surface area (Å²) in [6, 6.07) is 5.09.